The number of nitrogens with one attached hydrogen (secondary N) is 1. The van der Waals surface area contributed by atoms with Gasteiger partial charge in [-0.15, -0.1) is 0 Å². The molecule has 1 aromatic carbocycles. The first-order valence-electron chi connectivity index (χ1n) is 6.53. The van der Waals surface area contributed by atoms with E-state index in [-0.39, 0.29) is 4.90 Å². The predicted octanol–water partition coefficient (Wildman–Crippen LogP) is 3.35. The summed E-state index contributed by atoms with van der Waals surface area (Å²) >= 11 is 0. The van der Waals surface area contributed by atoms with Crippen molar-refractivity contribution in [3.05, 3.63) is 54.4 Å². The molecule has 0 saturated carbocycles. The van der Waals surface area contributed by atoms with E-state index in [4.69, 9.17) is 8.83 Å². The van der Waals surface area contributed by atoms with E-state index in [9.17, 15) is 8.42 Å². The fraction of sp³-hybridized carbons (Fsp3) is 0.133. The van der Waals surface area contributed by atoms with E-state index in [0.29, 0.717) is 17.2 Å². The fourth-order valence-electron chi connectivity index (χ4n) is 2.01. The monoisotopic (exact) mass is 318 g/mol. The van der Waals surface area contributed by atoms with Gasteiger partial charge in [-0.1, -0.05) is 12.1 Å². The SMILES string of the molecule is Cc1cc(S(=O)(=O)Nc2cc(-c3cnco3)ccc2C)co1. The normalized spacial score (nSPS) is 11.5. The summed E-state index contributed by atoms with van der Waals surface area (Å²) < 4.78 is 37.6. The summed E-state index contributed by atoms with van der Waals surface area (Å²) in [6.45, 7) is 3.51. The van der Waals surface area contributed by atoms with Crippen molar-refractivity contribution in [2.45, 2.75) is 18.7 Å². The first kappa shape index (κ1) is 14.4. The summed E-state index contributed by atoms with van der Waals surface area (Å²) in [6.07, 6.45) is 4.11. The van der Waals surface area contributed by atoms with Gasteiger partial charge in [-0.3, -0.25) is 4.72 Å². The smallest absolute Gasteiger partial charge is 0.265 e. The lowest BCUT2D eigenvalue weighted by Gasteiger charge is -2.10. The topological polar surface area (TPSA) is 85.3 Å². The lowest BCUT2D eigenvalue weighted by atomic mass is 10.1. The van der Waals surface area contributed by atoms with Gasteiger partial charge in [0.15, 0.2) is 12.2 Å². The number of nitrogens with zero attached hydrogens (tertiary/aromatic N) is 1. The third kappa shape index (κ3) is 2.75. The number of hydrogen-bond acceptors (Lipinski definition) is 5. The van der Waals surface area contributed by atoms with Crippen LogP contribution in [0, 0.1) is 13.8 Å². The molecular weight excluding hydrogens is 304 g/mol. The van der Waals surface area contributed by atoms with Gasteiger partial charge in [-0.25, -0.2) is 13.4 Å². The van der Waals surface area contributed by atoms with E-state index in [2.05, 4.69) is 9.71 Å². The molecule has 0 radical (unpaired) electrons. The molecule has 22 heavy (non-hydrogen) atoms. The largest absolute Gasteiger partial charge is 0.468 e. The molecule has 3 aromatic rings. The minimum Gasteiger partial charge on any atom is -0.468 e. The zero-order valence-corrected chi connectivity index (χ0v) is 12.8. The number of rotatable bonds is 4. The van der Waals surface area contributed by atoms with E-state index < -0.39 is 10.0 Å². The van der Waals surface area contributed by atoms with Gasteiger partial charge in [0.1, 0.15) is 16.9 Å². The molecular formula is C15H14N2O4S. The zero-order chi connectivity index (χ0) is 15.7. The molecule has 0 amide bonds. The van der Waals surface area contributed by atoms with E-state index >= 15 is 0 Å². The number of benzene rings is 1. The number of oxazole rings is 1. The second-order valence-corrected chi connectivity index (χ2v) is 6.58. The summed E-state index contributed by atoms with van der Waals surface area (Å²) in [5.74, 6) is 1.10. The third-order valence-electron chi connectivity index (χ3n) is 3.22. The molecule has 2 aromatic heterocycles. The van der Waals surface area contributed by atoms with Gasteiger partial charge in [0.05, 0.1) is 11.9 Å². The van der Waals surface area contributed by atoms with Gasteiger partial charge >= 0.3 is 0 Å². The summed E-state index contributed by atoms with van der Waals surface area (Å²) in [4.78, 5) is 3.95. The maximum atomic E-state index is 12.4. The molecule has 0 spiro atoms. The Kier molecular flexibility index (Phi) is 3.50. The Labute approximate surface area is 127 Å². The number of furan rings is 1. The standard InChI is InChI=1S/C15H14N2O4S/c1-10-3-4-12(15-7-16-9-21-15)6-14(10)17-22(18,19)13-5-11(2)20-8-13/h3-9,17H,1-2H3. The molecule has 0 aliphatic heterocycles. The quantitative estimate of drug-likeness (QED) is 0.797. The molecule has 0 atom stereocenters. The predicted molar refractivity (Wildman–Crippen MR) is 80.9 cm³/mol. The van der Waals surface area contributed by atoms with Crippen LogP contribution < -0.4 is 4.72 Å². The highest BCUT2D eigenvalue weighted by Crippen LogP contribution is 2.27. The number of anilines is 1. The lowest BCUT2D eigenvalue weighted by molar-refractivity contribution is 0.528. The van der Waals surface area contributed by atoms with Gasteiger partial charge < -0.3 is 8.83 Å². The molecule has 1 N–H and O–H groups in total. The van der Waals surface area contributed by atoms with Crippen molar-refractivity contribution >= 4 is 15.7 Å². The number of sulfonamides is 1. The Hall–Kier alpha value is -2.54. The molecule has 0 saturated heterocycles. The molecule has 0 unspecified atom stereocenters. The average Bonchev–Trinajstić information content (AvgIpc) is 3.12. The molecule has 7 heteroatoms. The lowest BCUT2D eigenvalue weighted by Crippen LogP contribution is -2.13. The van der Waals surface area contributed by atoms with Crippen molar-refractivity contribution in [2.75, 3.05) is 4.72 Å². The maximum Gasteiger partial charge on any atom is 0.265 e. The van der Waals surface area contributed by atoms with Gasteiger partial charge in [-0.2, -0.15) is 0 Å². The van der Waals surface area contributed by atoms with Crippen LogP contribution in [0.15, 0.2) is 56.8 Å². The first-order chi connectivity index (χ1) is 10.5. The molecule has 3 rings (SSSR count). The second kappa shape index (κ2) is 5.34. The third-order valence-corrected chi connectivity index (χ3v) is 4.54. The molecule has 0 aliphatic rings. The van der Waals surface area contributed by atoms with Crippen LogP contribution in [0.25, 0.3) is 11.3 Å². The minimum atomic E-state index is -3.69. The Morgan fingerprint density at radius 2 is 1.95 bits per heavy atom. The Morgan fingerprint density at radius 1 is 1.14 bits per heavy atom. The van der Waals surface area contributed by atoms with Gasteiger partial charge in [0, 0.05) is 5.56 Å². The Bertz CT molecular complexity index is 896. The highest BCUT2D eigenvalue weighted by Gasteiger charge is 2.18. The zero-order valence-electron chi connectivity index (χ0n) is 12.0. The van der Waals surface area contributed by atoms with Crippen LogP contribution >= 0.6 is 0 Å². The summed E-state index contributed by atoms with van der Waals surface area (Å²) in [7, 11) is -3.69. The second-order valence-electron chi connectivity index (χ2n) is 4.89. The van der Waals surface area contributed by atoms with E-state index in [1.165, 1.54) is 18.7 Å². The van der Waals surface area contributed by atoms with Crippen molar-refractivity contribution in [2.24, 2.45) is 0 Å². The summed E-state index contributed by atoms with van der Waals surface area (Å²) in [5, 5.41) is 0. The summed E-state index contributed by atoms with van der Waals surface area (Å²) in [5.41, 5.74) is 2.02. The van der Waals surface area contributed by atoms with Crippen LogP contribution in [0.4, 0.5) is 5.69 Å². The Balaban J connectivity index is 1.97. The van der Waals surface area contributed by atoms with Crippen LogP contribution in [-0.4, -0.2) is 13.4 Å². The number of aryl methyl sites for hydroxylation is 2. The first-order valence-corrected chi connectivity index (χ1v) is 8.01. The molecule has 0 bridgehead atoms. The maximum absolute atomic E-state index is 12.4. The van der Waals surface area contributed by atoms with Crippen molar-refractivity contribution in [1.82, 2.24) is 4.98 Å². The average molecular weight is 318 g/mol. The van der Waals surface area contributed by atoms with Crippen LogP contribution in [0.1, 0.15) is 11.3 Å². The van der Waals surface area contributed by atoms with Crippen LogP contribution in [-0.2, 0) is 10.0 Å². The number of aromatic nitrogens is 1. The fourth-order valence-corrected chi connectivity index (χ4v) is 3.13. The molecule has 0 aliphatic carbocycles. The van der Waals surface area contributed by atoms with E-state index in [1.807, 2.05) is 19.1 Å². The van der Waals surface area contributed by atoms with Crippen molar-refractivity contribution in [3.63, 3.8) is 0 Å². The van der Waals surface area contributed by atoms with Crippen molar-refractivity contribution in [3.8, 4) is 11.3 Å². The molecule has 0 fully saturated rings. The van der Waals surface area contributed by atoms with Gasteiger partial charge in [-0.05, 0) is 31.5 Å². The molecule has 2 heterocycles. The van der Waals surface area contributed by atoms with Crippen molar-refractivity contribution in [1.29, 1.82) is 0 Å². The molecule has 114 valence electrons. The van der Waals surface area contributed by atoms with Crippen LogP contribution in [0.2, 0.25) is 0 Å². The van der Waals surface area contributed by atoms with Crippen LogP contribution in [0.3, 0.4) is 0 Å². The van der Waals surface area contributed by atoms with Crippen LogP contribution in [0.5, 0.6) is 0 Å². The molecule has 6 nitrogen and oxygen atoms in total. The van der Waals surface area contributed by atoms with E-state index in [0.717, 1.165) is 11.1 Å². The highest BCUT2D eigenvalue weighted by molar-refractivity contribution is 7.92. The van der Waals surface area contributed by atoms with Gasteiger partial charge in [0.25, 0.3) is 10.0 Å². The van der Waals surface area contributed by atoms with Gasteiger partial charge in [0.2, 0.25) is 0 Å². The Morgan fingerprint density at radius 3 is 2.59 bits per heavy atom. The number of hydrogen-bond donors (Lipinski definition) is 1. The van der Waals surface area contributed by atoms with Crippen molar-refractivity contribution < 1.29 is 17.3 Å². The van der Waals surface area contributed by atoms with E-state index in [1.54, 1.807) is 19.2 Å². The summed E-state index contributed by atoms with van der Waals surface area (Å²) in [6, 6.07) is 6.84. The highest BCUT2D eigenvalue weighted by atomic mass is 32.2. The minimum absolute atomic E-state index is 0.0921.